The molecule has 18 heavy (non-hydrogen) atoms. The molecule has 1 aliphatic heterocycles. The highest BCUT2D eigenvalue weighted by Crippen LogP contribution is 2.15. The first-order chi connectivity index (χ1) is 8.79. The van der Waals surface area contributed by atoms with E-state index in [-0.39, 0.29) is 12.1 Å². The number of anilines is 1. The number of benzene rings is 1. The van der Waals surface area contributed by atoms with E-state index in [2.05, 4.69) is 17.6 Å². The van der Waals surface area contributed by atoms with Crippen LogP contribution in [0.1, 0.15) is 25.3 Å². The van der Waals surface area contributed by atoms with Crippen molar-refractivity contribution in [1.29, 1.82) is 0 Å². The summed E-state index contributed by atoms with van der Waals surface area (Å²) in [5.41, 5.74) is 2.02. The van der Waals surface area contributed by atoms with Crippen molar-refractivity contribution in [2.45, 2.75) is 32.3 Å². The molecule has 4 nitrogen and oxygen atoms in total. The van der Waals surface area contributed by atoms with Gasteiger partial charge in [0.05, 0.1) is 6.10 Å². The lowest BCUT2D eigenvalue weighted by molar-refractivity contribution is 0.112. The highest BCUT2D eigenvalue weighted by atomic mass is 16.5. The summed E-state index contributed by atoms with van der Waals surface area (Å²) in [5, 5.41) is 5.73. The van der Waals surface area contributed by atoms with Gasteiger partial charge in [0, 0.05) is 18.8 Å². The fraction of sp³-hybridized carbons (Fsp3) is 0.500. The lowest BCUT2D eigenvalue weighted by Crippen LogP contribution is -2.35. The number of hydrogen-bond acceptors (Lipinski definition) is 2. The van der Waals surface area contributed by atoms with Crippen LogP contribution in [0.2, 0.25) is 0 Å². The van der Waals surface area contributed by atoms with Crippen molar-refractivity contribution in [2.75, 3.05) is 18.5 Å². The Morgan fingerprint density at radius 1 is 1.44 bits per heavy atom. The first-order valence-electron chi connectivity index (χ1n) is 6.54. The van der Waals surface area contributed by atoms with E-state index < -0.39 is 0 Å². The van der Waals surface area contributed by atoms with Gasteiger partial charge in [0.2, 0.25) is 0 Å². The first-order valence-corrected chi connectivity index (χ1v) is 6.54. The molecule has 1 aromatic rings. The summed E-state index contributed by atoms with van der Waals surface area (Å²) in [6.07, 6.45) is 3.21. The second-order valence-electron chi connectivity index (χ2n) is 4.48. The molecule has 1 aliphatic rings. The summed E-state index contributed by atoms with van der Waals surface area (Å²) in [6.45, 7) is 3.47. The summed E-state index contributed by atoms with van der Waals surface area (Å²) < 4.78 is 5.46. The van der Waals surface area contributed by atoms with Gasteiger partial charge >= 0.3 is 6.03 Å². The predicted molar refractivity (Wildman–Crippen MR) is 71.8 cm³/mol. The average molecular weight is 248 g/mol. The molecule has 0 bridgehead atoms. The molecular formula is C14H20N2O2. The van der Waals surface area contributed by atoms with Crippen LogP contribution in [0, 0.1) is 0 Å². The maximum absolute atomic E-state index is 11.8. The van der Waals surface area contributed by atoms with E-state index in [0.29, 0.717) is 6.54 Å². The number of para-hydroxylation sites is 1. The van der Waals surface area contributed by atoms with Crippen molar-refractivity contribution in [1.82, 2.24) is 5.32 Å². The van der Waals surface area contributed by atoms with Crippen LogP contribution in [0.25, 0.3) is 0 Å². The highest BCUT2D eigenvalue weighted by Gasteiger charge is 2.16. The van der Waals surface area contributed by atoms with Crippen molar-refractivity contribution in [3.05, 3.63) is 29.8 Å². The number of amides is 2. The second-order valence-corrected chi connectivity index (χ2v) is 4.48. The van der Waals surface area contributed by atoms with E-state index in [4.69, 9.17) is 4.74 Å². The van der Waals surface area contributed by atoms with Gasteiger partial charge < -0.3 is 15.4 Å². The Kier molecular flexibility index (Phi) is 4.59. The molecule has 2 rings (SSSR count). The summed E-state index contributed by atoms with van der Waals surface area (Å²) in [7, 11) is 0. The zero-order valence-corrected chi connectivity index (χ0v) is 10.7. The summed E-state index contributed by atoms with van der Waals surface area (Å²) in [4.78, 5) is 11.8. The molecule has 1 aromatic carbocycles. The fourth-order valence-corrected chi connectivity index (χ4v) is 2.13. The third kappa shape index (κ3) is 3.47. The maximum atomic E-state index is 11.8. The van der Waals surface area contributed by atoms with Crippen LogP contribution in [0.5, 0.6) is 0 Å². The Bertz CT molecular complexity index is 401. The summed E-state index contributed by atoms with van der Waals surface area (Å²) in [6, 6.07) is 7.69. The minimum absolute atomic E-state index is 0.161. The quantitative estimate of drug-likeness (QED) is 0.860. The molecule has 1 fully saturated rings. The molecule has 0 aromatic heterocycles. The fourth-order valence-electron chi connectivity index (χ4n) is 2.13. The lowest BCUT2D eigenvalue weighted by Gasteiger charge is -2.13. The molecular weight excluding hydrogens is 228 g/mol. The Morgan fingerprint density at radius 2 is 2.28 bits per heavy atom. The van der Waals surface area contributed by atoms with Crippen molar-refractivity contribution in [3.63, 3.8) is 0 Å². The van der Waals surface area contributed by atoms with E-state index in [0.717, 1.165) is 37.1 Å². The van der Waals surface area contributed by atoms with E-state index in [1.165, 1.54) is 0 Å². The zero-order chi connectivity index (χ0) is 12.8. The molecule has 1 atom stereocenters. The molecule has 4 heteroatoms. The molecule has 1 heterocycles. The van der Waals surface area contributed by atoms with Crippen LogP contribution in [0.3, 0.4) is 0 Å². The van der Waals surface area contributed by atoms with Crippen LogP contribution in [0.15, 0.2) is 24.3 Å². The van der Waals surface area contributed by atoms with Crippen molar-refractivity contribution in [2.24, 2.45) is 0 Å². The number of carbonyl (C=O) groups is 1. The monoisotopic (exact) mass is 248 g/mol. The number of nitrogens with one attached hydrogen (secondary N) is 2. The molecule has 1 saturated heterocycles. The topological polar surface area (TPSA) is 50.4 Å². The largest absolute Gasteiger partial charge is 0.376 e. The number of carbonyl (C=O) groups excluding carboxylic acids is 1. The molecule has 2 amide bonds. The SMILES string of the molecule is CCc1ccccc1NC(=O)NCC1CCCO1. The third-order valence-corrected chi connectivity index (χ3v) is 3.16. The molecule has 0 saturated carbocycles. The Balaban J connectivity index is 1.82. The summed E-state index contributed by atoms with van der Waals surface area (Å²) in [5.74, 6) is 0. The van der Waals surface area contributed by atoms with Gasteiger partial charge in [-0.1, -0.05) is 25.1 Å². The van der Waals surface area contributed by atoms with Crippen molar-refractivity contribution < 1.29 is 9.53 Å². The van der Waals surface area contributed by atoms with E-state index in [9.17, 15) is 4.79 Å². The maximum Gasteiger partial charge on any atom is 0.319 e. The van der Waals surface area contributed by atoms with Gasteiger partial charge in [-0.2, -0.15) is 0 Å². The number of urea groups is 1. The number of ether oxygens (including phenoxy) is 1. The minimum atomic E-state index is -0.161. The van der Waals surface area contributed by atoms with E-state index in [1.807, 2.05) is 24.3 Å². The Morgan fingerprint density at radius 3 is 3.00 bits per heavy atom. The van der Waals surface area contributed by atoms with E-state index >= 15 is 0 Å². The predicted octanol–water partition coefficient (Wildman–Crippen LogP) is 2.55. The van der Waals surface area contributed by atoms with Crippen molar-refractivity contribution in [3.8, 4) is 0 Å². The van der Waals surface area contributed by atoms with Gasteiger partial charge in [-0.3, -0.25) is 0 Å². The Labute approximate surface area is 108 Å². The molecule has 2 N–H and O–H groups in total. The number of hydrogen-bond donors (Lipinski definition) is 2. The van der Waals surface area contributed by atoms with Gasteiger partial charge in [-0.05, 0) is 30.9 Å². The highest BCUT2D eigenvalue weighted by molar-refractivity contribution is 5.90. The lowest BCUT2D eigenvalue weighted by atomic mass is 10.1. The third-order valence-electron chi connectivity index (χ3n) is 3.16. The normalized spacial score (nSPS) is 18.6. The van der Waals surface area contributed by atoms with Crippen LogP contribution >= 0.6 is 0 Å². The van der Waals surface area contributed by atoms with Crippen molar-refractivity contribution >= 4 is 11.7 Å². The number of aryl methyl sites for hydroxylation is 1. The molecule has 0 spiro atoms. The second kappa shape index (κ2) is 6.40. The van der Waals surface area contributed by atoms with Gasteiger partial charge in [0.25, 0.3) is 0 Å². The van der Waals surface area contributed by atoms with Gasteiger partial charge in [-0.15, -0.1) is 0 Å². The van der Waals surface area contributed by atoms with Gasteiger partial charge in [0.15, 0.2) is 0 Å². The number of rotatable bonds is 4. The van der Waals surface area contributed by atoms with Crippen LogP contribution in [-0.2, 0) is 11.2 Å². The first kappa shape index (κ1) is 12.9. The smallest absolute Gasteiger partial charge is 0.319 e. The molecule has 98 valence electrons. The van der Waals surface area contributed by atoms with Crippen LogP contribution in [0.4, 0.5) is 10.5 Å². The van der Waals surface area contributed by atoms with Crippen LogP contribution in [-0.4, -0.2) is 25.3 Å². The molecule has 0 aliphatic carbocycles. The zero-order valence-electron chi connectivity index (χ0n) is 10.7. The standard InChI is InChI=1S/C14H20N2O2/c1-2-11-6-3-4-8-13(11)16-14(17)15-10-12-7-5-9-18-12/h3-4,6,8,12H,2,5,7,9-10H2,1H3,(H2,15,16,17). The van der Waals surface area contributed by atoms with Gasteiger partial charge in [0.1, 0.15) is 0 Å². The summed E-state index contributed by atoms with van der Waals surface area (Å²) >= 11 is 0. The molecule has 0 radical (unpaired) electrons. The average Bonchev–Trinajstić information content (AvgIpc) is 2.90. The molecule has 1 unspecified atom stereocenters. The van der Waals surface area contributed by atoms with Gasteiger partial charge in [-0.25, -0.2) is 4.79 Å². The van der Waals surface area contributed by atoms with E-state index in [1.54, 1.807) is 0 Å². The van der Waals surface area contributed by atoms with Crippen LogP contribution < -0.4 is 10.6 Å². The minimum Gasteiger partial charge on any atom is -0.376 e. The Hall–Kier alpha value is -1.55.